The number of hydrogen-bond donors (Lipinski definition) is 1. The van der Waals surface area contributed by atoms with E-state index >= 15 is 0 Å². The van der Waals surface area contributed by atoms with Gasteiger partial charge < -0.3 is 14.5 Å². The Morgan fingerprint density at radius 2 is 2.37 bits per heavy atom. The van der Waals surface area contributed by atoms with Gasteiger partial charge in [0, 0.05) is 25.2 Å². The molecule has 4 nitrogen and oxygen atoms in total. The molecule has 0 aromatic carbocycles. The first kappa shape index (κ1) is 14.6. The van der Waals surface area contributed by atoms with Crippen LogP contribution >= 0.6 is 0 Å². The first-order valence-electron chi connectivity index (χ1n) is 7.31. The highest BCUT2D eigenvalue weighted by Crippen LogP contribution is 2.17. The molecular weight excluding hydrogens is 240 g/mol. The van der Waals surface area contributed by atoms with Crippen LogP contribution in [-0.4, -0.2) is 42.8 Å². The second-order valence-corrected chi connectivity index (χ2v) is 5.46. The molecule has 0 spiro atoms. The zero-order chi connectivity index (χ0) is 13.7. The maximum absolute atomic E-state index is 5.75. The smallest absolute Gasteiger partial charge is 0.117 e. The molecule has 2 heterocycles. The van der Waals surface area contributed by atoms with E-state index in [0.29, 0.717) is 18.2 Å². The number of rotatable bonds is 6. The van der Waals surface area contributed by atoms with Crippen molar-refractivity contribution in [3.05, 3.63) is 24.2 Å². The molecule has 1 aliphatic heterocycles. The number of ether oxygens (including phenoxy) is 1. The fraction of sp³-hybridized carbons (Fsp3) is 0.733. The zero-order valence-corrected chi connectivity index (χ0v) is 12.3. The molecule has 1 saturated heterocycles. The van der Waals surface area contributed by atoms with Gasteiger partial charge in [0.15, 0.2) is 0 Å². The number of furan rings is 1. The first-order chi connectivity index (χ1) is 9.20. The van der Waals surface area contributed by atoms with Crippen LogP contribution in [0.3, 0.4) is 0 Å². The van der Waals surface area contributed by atoms with Crippen LogP contribution in [0.25, 0.3) is 0 Å². The van der Waals surface area contributed by atoms with E-state index in [-0.39, 0.29) is 0 Å². The molecule has 1 aromatic rings. The molecular formula is C15H26N2O2. The van der Waals surface area contributed by atoms with E-state index in [1.807, 2.05) is 12.1 Å². The van der Waals surface area contributed by atoms with Gasteiger partial charge in [-0.3, -0.25) is 4.90 Å². The van der Waals surface area contributed by atoms with Crippen LogP contribution in [0, 0.1) is 0 Å². The molecule has 0 saturated carbocycles. The predicted octanol–water partition coefficient (Wildman–Crippen LogP) is 2.26. The third kappa shape index (κ3) is 4.06. The van der Waals surface area contributed by atoms with Gasteiger partial charge in [0.25, 0.3) is 0 Å². The maximum Gasteiger partial charge on any atom is 0.117 e. The summed E-state index contributed by atoms with van der Waals surface area (Å²) in [5.74, 6) is 0.995. The summed E-state index contributed by atoms with van der Waals surface area (Å²) in [4.78, 5) is 2.57. The molecule has 1 aliphatic rings. The van der Waals surface area contributed by atoms with Crippen molar-refractivity contribution < 1.29 is 9.15 Å². The van der Waals surface area contributed by atoms with Gasteiger partial charge in [-0.1, -0.05) is 6.92 Å². The Hall–Kier alpha value is -0.840. The van der Waals surface area contributed by atoms with E-state index < -0.39 is 0 Å². The molecule has 3 unspecified atom stereocenters. The molecule has 19 heavy (non-hydrogen) atoms. The minimum absolute atomic E-state index is 0.343. The molecule has 108 valence electrons. The summed E-state index contributed by atoms with van der Waals surface area (Å²) in [6, 6.07) is 5.00. The summed E-state index contributed by atoms with van der Waals surface area (Å²) in [5, 5.41) is 3.47. The van der Waals surface area contributed by atoms with Crippen LogP contribution in [0.2, 0.25) is 0 Å². The van der Waals surface area contributed by atoms with Gasteiger partial charge in [-0.15, -0.1) is 0 Å². The van der Waals surface area contributed by atoms with E-state index in [9.17, 15) is 0 Å². The SMILES string of the molecule is CCC1COC(C)CN1C(C)CNCc1ccco1. The van der Waals surface area contributed by atoms with E-state index in [1.54, 1.807) is 6.26 Å². The van der Waals surface area contributed by atoms with Gasteiger partial charge in [0.2, 0.25) is 0 Å². The van der Waals surface area contributed by atoms with Crippen LogP contribution in [0.1, 0.15) is 33.0 Å². The van der Waals surface area contributed by atoms with Crippen LogP contribution in [-0.2, 0) is 11.3 Å². The standard InChI is InChI=1S/C15H26N2O2/c1-4-14-11-19-13(3)10-17(14)12(2)8-16-9-15-6-5-7-18-15/h5-7,12-14,16H,4,8-11H2,1-3H3. The third-order valence-corrected chi connectivity index (χ3v) is 3.87. The fourth-order valence-corrected chi connectivity index (χ4v) is 2.70. The Morgan fingerprint density at radius 3 is 3.05 bits per heavy atom. The predicted molar refractivity (Wildman–Crippen MR) is 76.1 cm³/mol. The molecule has 3 atom stereocenters. The fourth-order valence-electron chi connectivity index (χ4n) is 2.70. The minimum Gasteiger partial charge on any atom is -0.468 e. The molecule has 0 amide bonds. The lowest BCUT2D eigenvalue weighted by atomic mass is 10.1. The average molecular weight is 266 g/mol. The average Bonchev–Trinajstić information content (AvgIpc) is 2.91. The summed E-state index contributed by atoms with van der Waals surface area (Å²) in [6.07, 6.45) is 3.21. The van der Waals surface area contributed by atoms with E-state index in [1.165, 1.54) is 0 Å². The van der Waals surface area contributed by atoms with Gasteiger partial charge >= 0.3 is 0 Å². The van der Waals surface area contributed by atoms with Gasteiger partial charge in [0.05, 0.1) is 25.5 Å². The van der Waals surface area contributed by atoms with Crippen molar-refractivity contribution in [1.82, 2.24) is 10.2 Å². The lowest BCUT2D eigenvalue weighted by Crippen LogP contribution is -2.54. The first-order valence-corrected chi connectivity index (χ1v) is 7.31. The molecule has 0 bridgehead atoms. The Kier molecular flexibility index (Phi) is 5.43. The van der Waals surface area contributed by atoms with Crippen molar-refractivity contribution in [2.45, 2.75) is 51.9 Å². The van der Waals surface area contributed by atoms with Gasteiger partial charge in [-0.05, 0) is 32.4 Å². The van der Waals surface area contributed by atoms with Crippen molar-refractivity contribution in [1.29, 1.82) is 0 Å². The van der Waals surface area contributed by atoms with Gasteiger partial charge in [0.1, 0.15) is 5.76 Å². The molecule has 1 fully saturated rings. The highest BCUT2D eigenvalue weighted by Gasteiger charge is 2.28. The van der Waals surface area contributed by atoms with Crippen LogP contribution in [0.5, 0.6) is 0 Å². The Bertz CT molecular complexity index is 353. The molecule has 4 heteroatoms. The van der Waals surface area contributed by atoms with E-state index in [0.717, 1.165) is 38.4 Å². The summed E-state index contributed by atoms with van der Waals surface area (Å²) in [5.41, 5.74) is 0. The van der Waals surface area contributed by atoms with Crippen LogP contribution in [0.15, 0.2) is 22.8 Å². The third-order valence-electron chi connectivity index (χ3n) is 3.87. The number of hydrogen-bond acceptors (Lipinski definition) is 4. The summed E-state index contributed by atoms with van der Waals surface area (Å²) < 4.78 is 11.1. The number of morpholine rings is 1. The lowest BCUT2D eigenvalue weighted by Gasteiger charge is -2.42. The largest absolute Gasteiger partial charge is 0.468 e. The van der Waals surface area contributed by atoms with Crippen molar-refractivity contribution in [3.63, 3.8) is 0 Å². The van der Waals surface area contributed by atoms with E-state index in [4.69, 9.17) is 9.15 Å². The van der Waals surface area contributed by atoms with Crippen molar-refractivity contribution >= 4 is 0 Å². The highest BCUT2D eigenvalue weighted by molar-refractivity contribution is 4.97. The minimum atomic E-state index is 0.343. The summed E-state index contributed by atoms with van der Waals surface area (Å²) in [7, 11) is 0. The summed E-state index contributed by atoms with van der Waals surface area (Å²) >= 11 is 0. The lowest BCUT2D eigenvalue weighted by molar-refractivity contribution is -0.0695. The van der Waals surface area contributed by atoms with E-state index in [2.05, 4.69) is 31.0 Å². The monoisotopic (exact) mass is 266 g/mol. The van der Waals surface area contributed by atoms with Gasteiger partial charge in [-0.2, -0.15) is 0 Å². The Labute approximate surface area is 116 Å². The maximum atomic E-state index is 5.75. The second kappa shape index (κ2) is 7.08. The number of nitrogens with one attached hydrogen (secondary N) is 1. The molecule has 1 aromatic heterocycles. The topological polar surface area (TPSA) is 37.6 Å². The van der Waals surface area contributed by atoms with Crippen molar-refractivity contribution in [2.24, 2.45) is 0 Å². The molecule has 0 radical (unpaired) electrons. The quantitative estimate of drug-likeness (QED) is 0.857. The summed E-state index contributed by atoms with van der Waals surface area (Å²) in [6.45, 7) is 10.3. The Morgan fingerprint density at radius 1 is 1.53 bits per heavy atom. The van der Waals surface area contributed by atoms with Crippen molar-refractivity contribution in [2.75, 3.05) is 19.7 Å². The second-order valence-electron chi connectivity index (χ2n) is 5.46. The Balaban J connectivity index is 1.78. The molecule has 1 N–H and O–H groups in total. The molecule has 2 rings (SSSR count). The normalized spacial score (nSPS) is 26.5. The zero-order valence-electron chi connectivity index (χ0n) is 12.3. The van der Waals surface area contributed by atoms with Gasteiger partial charge in [-0.25, -0.2) is 0 Å². The van der Waals surface area contributed by atoms with Crippen molar-refractivity contribution in [3.8, 4) is 0 Å². The number of nitrogens with zero attached hydrogens (tertiary/aromatic N) is 1. The highest BCUT2D eigenvalue weighted by atomic mass is 16.5. The van der Waals surface area contributed by atoms with Crippen LogP contribution < -0.4 is 5.32 Å². The van der Waals surface area contributed by atoms with Crippen LogP contribution in [0.4, 0.5) is 0 Å². The molecule has 0 aliphatic carbocycles.